The Morgan fingerprint density at radius 1 is 1.18 bits per heavy atom. The fraction of sp³-hybridized carbons (Fsp3) is 0.364. The molecule has 0 saturated heterocycles. The summed E-state index contributed by atoms with van der Waals surface area (Å²) in [4.78, 5) is 12.3. The van der Waals surface area contributed by atoms with E-state index in [9.17, 15) is 4.79 Å². The molecule has 2 heterocycles. The van der Waals surface area contributed by atoms with Crippen molar-refractivity contribution in [2.45, 2.75) is 53.3 Å². The van der Waals surface area contributed by atoms with Crippen molar-refractivity contribution in [3.8, 4) is 5.75 Å². The molecule has 1 N–H and O–H groups in total. The molecule has 3 aromatic rings. The van der Waals surface area contributed by atoms with Crippen LogP contribution in [-0.2, 0) is 26.1 Å². The average molecular weight is 381 g/mol. The Morgan fingerprint density at radius 3 is 2.64 bits per heavy atom. The zero-order valence-corrected chi connectivity index (χ0v) is 16.7. The van der Waals surface area contributed by atoms with Crippen molar-refractivity contribution in [3.05, 3.63) is 70.9 Å². The zero-order chi connectivity index (χ0) is 19.9. The van der Waals surface area contributed by atoms with Gasteiger partial charge >= 0.3 is 0 Å². The molecule has 0 bridgehead atoms. The lowest BCUT2D eigenvalue weighted by molar-refractivity contribution is 0.0919. The van der Waals surface area contributed by atoms with Crippen LogP contribution in [-0.4, -0.2) is 15.7 Å². The Kier molecular flexibility index (Phi) is 6.53. The van der Waals surface area contributed by atoms with E-state index in [1.165, 1.54) is 5.56 Å². The summed E-state index contributed by atoms with van der Waals surface area (Å²) in [6, 6.07) is 11.5. The van der Waals surface area contributed by atoms with E-state index in [2.05, 4.69) is 29.5 Å². The Morgan fingerprint density at radius 2 is 1.96 bits per heavy atom. The number of ether oxygens (including phenoxy) is 1. The van der Waals surface area contributed by atoms with Crippen molar-refractivity contribution in [1.29, 1.82) is 0 Å². The van der Waals surface area contributed by atoms with Crippen LogP contribution in [0.5, 0.6) is 5.75 Å². The SMILES string of the molecule is CCCc1ccc(OCc2ccc(C(=O)NCc3cnn(CC)c3C)o2)cc1. The minimum absolute atomic E-state index is 0.251. The van der Waals surface area contributed by atoms with Crippen LogP contribution in [0.25, 0.3) is 0 Å². The summed E-state index contributed by atoms with van der Waals surface area (Å²) in [5.74, 6) is 1.42. The van der Waals surface area contributed by atoms with Crippen LogP contribution in [0.4, 0.5) is 0 Å². The van der Waals surface area contributed by atoms with Crippen LogP contribution in [0.15, 0.2) is 47.0 Å². The average Bonchev–Trinajstić information content (AvgIpc) is 3.32. The maximum atomic E-state index is 12.3. The molecule has 0 aliphatic rings. The molecule has 0 atom stereocenters. The molecular weight excluding hydrogens is 354 g/mol. The number of nitrogens with one attached hydrogen (secondary N) is 1. The summed E-state index contributed by atoms with van der Waals surface area (Å²) < 4.78 is 13.3. The van der Waals surface area contributed by atoms with Gasteiger partial charge in [-0.05, 0) is 50.1 Å². The highest BCUT2D eigenvalue weighted by Crippen LogP contribution is 2.16. The fourth-order valence-electron chi connectivity index (χ4n) is 3.01. The number of rotatable bonds is 9. The van der Waals surface area contributed by atoms with Crippen molar-refractivity contribution in [3.63, 3.8) is 0 Å². The summed E-state index contributed by atoms with van der Waals surface area (Å²) >= 11 is 0. The number of hydrogen-bond donors (Lipinski definition) is 1. The van der Waals surface area contributed by atoms with Gasteiger partial charge in [0, 0.05) is 24.3 Å². The summed E-state index contributed by atoms with van der Waals surface area (Å²) in [6.45, 7) is 7.70. The molecular formula is C22H27N3O3. The van der Waals surface area contributed by atoms with Crippen molar-refractivity contribution >= 4 is 5.91 Å². The standard InChI is InChI=1S/C22H27N3O3/c1-4-6-17-7-9-19(10-8-17)27-15-20-11-12-21(28-20)22(26)23-13-18-14-24-25(5-2)16(18)3/h7-12,14H,4-6,13,15H2,1-3H3,(H,23,26). The summed E-state index contributed by atoms with van der Waals surface area (Å²) in [7, 11) is 0. The van der Waals surface area contributed by atoms with Gasteiger partial charge in [0.25, 0.3) is 5.91 Å². The third-order valence-corrected chi connectivity index (χ3v) is 4.67. The first-order chi connectivity index (χ1) is 13.6. The minimum atomic E-state index is -0.251. The first-order valence-electron chi connectivity index (χ1n) is 9.70. The van der Waals surface area contributed by atoms with Crippen molar-refractivity contribution < 1.29 is 13.9 Å². The van der Waals surface area contributed by atoms with Gasteiger partial charge in [0.05, 0.1) is 6.20 Å². The lowest BCUT2D eigenvalue weighted by Gasteiger charge is -2.06. The molecule has 3 rings (SSSR count). The molecule has 6 heteroatoms. The van der Waals surface area contributed by atoms with Crippen LogP contribution in [0.1, 0.15) is 53.4 Å². The van der Waals surface area contributed by atoms with Gasteiger partial charge in [0.2, 0.25) is 0 Å². The van der Waals surface area contributed by atoms with Crippen LogP contribution >= 0.6 is 0 Å². The number of amides is 1. The topological polar surface area (TPSA) is 69.3 Å². The molecule has 148 valence electrons. The first kappa shape index (κ1) is 19.7. The number of hydrogen-bond acceptors (Lipinski definition) is 4. The van der Waals surface area contributed by atoms with Crippen molar-refractivity contribution in [1.82, 2.24) is 15.1 Å². The molecule has 0 radical (unpaired) electrons. The molecule has 0 aliphatic carbocycles. The van der Waals surface area contributed by atoms with E-state index in [-0.39, 0.29) is 18.3 Å². The number of nitrogens with zero attached hydrogens (tertiary/aromatic N) is 2. The van der Waals surface area contributed by atoms with Gasteiger partial charge in [-0.15, -0.1) is 0 Å². The Balaban J connectivity index is 1.51. The number of benzene rings is 1. The predicted molar refractivity (Wildman–Crippen MR) is 107 cm³/mol. The van der Waals surface area contributed by atoms with Gasteiger partial charge in [-0.1, -0.05) is 25.5 Å². The second kappa shape index (κ2) is 9.26. The van der Waals surface area contributed by atoms with E-state index >= 15 is 0 Å². The minimum Gasteiger partial charge on any atom is -0.486 e. The van der Waals surface area contributed by atoms with E-state index in [4.69, 9.17) is 9.15 Å². The smallest absolute Gasteiger partial charge is 0.287 e. The molecule has 6 nitrogen and oxygen atoms in total. The molecule has 1 aromatic carbocycles. The lowest BCUT2D eigenvalue weighted by Crippen LogP contribution is -2.22. The number of aromatic nitrogens is 2. The second-order valence-corrected chi connectivity index (χ2v) is 6.70. The fourth-order valence-corrected chi connectivity index (χ4v) is 3.01. The zero-order valence-electron chi connectivity index (χ0n) is 16.7. The maximum Gasteiger partial charge on any atom is 0.287 e. The van der Waals surface area contributed by atoms with E-state index in [0.29, 0.717) is 12.3 Å². The molecule has 0 fully saturated rings. The Bertz CT molecular complexity index is 910. The van der Waals surface area contributed by atoms with Crippen LogP contribution in [0, 0.1) is 6.92 Å². The van der Waals surface area contributed by atoms with Gasteiger partial charge in [0.15, 0.2) is 5.76 Å². The normalized spacial score (nSPS) is 10.8. The number of carbonyl (C=O) groups excluding carboxylic acids is 1. The Labute approximate surface area is 165 Å². The van der Waals surface area contributed by atoms with Crippen LogP contribution < -0.4 is 10.1 Å². The van der Waals surface area contributed by atoms with E-state index in [0.717, 1.165) is 36.4 Å². The van der Waals surface area contributed by atoms with E-state index in [1.807, 2.05) is 30.7 Å². The molecule has 2 aromatic heterocycles. The summed E-state index contributed by atoms with van der Waals surface area (Å²) in [5.41, 5.74) is 3.35. The summed E-state index contributed by atoms with van der Waals surface area (Å²) in [6.07, 6.45) is 3.97. The monoisotopic (exact) mass is 381 g/mol. The van der Waals surface area contributed by atoms with Gasteiger partial charge in [0.1, 0.15) is 18.1 Å². The van der Waals surface area contributed by atoms with Crippen molar-refractivity contribution in [2.24, 2.45) is 0 Å². The third kappa shape index (κ3) is 4.82. The first-order valence-corrected chi connectivity index (χ1v) is 9.70. The predicted octanol–water partition coefficient (Wildman–Crippen LogP) is 4.27. The number of aryl methyl sites for hydroxylation is 2. The quantitative estimate of drug-likeness (QED) is 0.601. The molecule has 0 saturated carbocycles. The van der Waals surface area contributed by atoms with Gasteiger partial charge in [-0.2, -0.15) is 5.10 Å². The molecule has 0 unspecified atom stereocenters. The number of carbonyl (C=O) groups is 1. The highest BCUT2D eigenvalue weighted by atomic mass is 16.5. The molecule has 0 aliphatic heterocycles. The van der Waals surface area contributed by atoms with Gasteiger partial charge in [-0.25, -0.2) is 0 Å². The van der Waals surface area contributed by atoms with Crippen LogP contribution in [0.2, 0.25) is 0 Å². The van der Waals surface area contributed by atoms with Gasteiger partial charge < -0.3 is 14.5 Å². The van der Waals surface area contributed by atoms with E-state index in [1.54, 1.807) is 18.3 Å². The summed E-state index contributed by atoms with van der Waals surface area (Å²) in [5, 5.41) is 7.16. The molecule has 28 heavy (non-hydrogen) atoms. The Hall–Kier alpha value is -3.02. The molecule has 0 spiro atoms. The molecule has 1 amide bonds. The van der Waals surface area contributed by atoms with Gasteiger partial charge in [-0.3, -0.25) is 9.48 Å². The van der Waals surface area contributed by atoms with Crippen molar-refractivity contribution in [2.75, 3.05) is 0 Å². The van der Waals surface area contributed by atoms with Crippen LogP contribution in [0.3, 0.4) is 0 Å². The highest BCUT2D eigenvalue weighted by molar-refractivity contribution is 5.91. The third-order valence-electron chi connectivity index (χ3n) is 4.67. The number of furan rings is 1. The maximum absolute atomic E-state index is 12.3. The largest absolute Gasteiger partial charge is 0.486 e. The highest BCUT2D eigenvalue weighted by Gasteiger charge is 2.13. The lowest BCUT2D eigenvalue weighted by atomic mass is 10.1. The second-order valence-electron chi connectivity index (χ2n) is 6.70. The van der Waals surface area contributed by atoms with E-state index < -0.39 is 0 Å².